The van der Waals surface area contributed by atoms with Gasteiger partial charge in [0.1, 0.15) is 0 Å². The largest absolute Gasteiger partial charge is 0.389 e. The van der Waals surface area contributed by atoms with Crippen molar-refractivity contribution in [2.24, 2.45) is 0 Å². The first kappa shape index (κ1) is 13.0. The first-order valence-electron chi connectivity index (χ1n) is 5.88. The second kappa shape index (κ2) is 5.02. The molecule has 98 valence electrons. The van der Waals surface area contributed by atoms with Crippen molar-refractivity contribution in [3.63, 3.8) is 0 Å². The van der Waals surface area contributed by atoms with Gasteiger partial charge in [-0.25, -0.2) is 8.78 Å². The molecule has 1 saturated heterocycles. The molecule has 0 spiro atoms. The lowest BCUT2D eigenvalue weighted by molar-refractivity contribution is -0.122. The van der Waals surface area contributed by atoms with Gasteiger partial charge in [-0.2, -0.15) is 0 Å². The van der Waals surface area contributed by atoms with Crippen LogP contribution in [0.15, 0.2) is 18.2 Å². The third-order valence-electron chi connectivity index (χ3n) is 3.40. The molecular weight excluding hydrogens is 240 g/mol. The van der Waals surface area contributed by atoms with E-state index in [1.54, 1.807) is 4.90 Å². The maximum absolute atomic E-state index is 13.1. The first-order valence-corrected chi connectivity index (χ1v) is 5.88. The molecule has 1 heterocycles. The van der Waals surface area contributed by atoms with Crippen molar-refractivity contribution in [2.75, 3.05) is 13.1 Å². The van der Waals surface area contributed by atoms with E-state index >= 15 is 0 Å². The molecule has 0 atom stereocenters. The standard InChI is InChI=1S/C13H15F2NO2/c14-11-2-1-10(7-12(11)15)8-13(18)3-5-16(9-17)6-4-13/h1-2,7,9,18H,3-6,8H2. The highest BCUT2D eigenvalue weighted by atomic mass is 19.2. The summed E-state index contributed by atoms with van der Waals surface area (Å²) in [5.41, 5.74) is -0.375. The van der Waals surface area contributed by atoms with Gasteiger partial charge < -0.3 is 10.0 Å². The van der Waals surface area contributed by atoms with Crippen LogP contribution in [0.1, 0.15) is 18.4 Å². The molecule has 2 rings (SSSR count). The molecule has 1 fully saturated rings. The number of piperidine rings is 1. The summed E-state index contributed by atoms with van der Waals surface area (Å²) in [6.07, 6.45) is 1.93. The lowest BCUT2D eigenvalue weighted by Gasteiger charge is -2.36. The van der Waals surface area contributed by atoms with Crippen molar-refractivity contribution in [1.82, 2.24) is 4.90 Å². The summed E-state index contributed by atoms with van der Waals surface area (Å²) in [6.45, 7) is 0.980. The molecule has 1 aliphatic heterocycles. The van der Waals surface area contributed by atoms with Crippen LogP contribution in [0.2, 0.25) is 0 Å². The quantitative estimate of drug-likeness (QED) is 0.831. The number of carbonyl (C=O) groups excluding carboxylic acids is 1. The van der Waals surface area contributed by atoms with Crippen LogP contribution in [0.25, 0.3) is 0 Å². The zero-order valence-electron chi connectivity index (χ0n) is 9.90. The minimum Gasteiger partial charge on any atom is -0.389 e. The molecule has 0 bridgehead atoms. The summed E-state index contributed by atoms with van der Waals surface area (Å²) in [6, 6.07) is 3.65. The number of nitrogens with zero attached hydrogens (tertiary/aromatic N) is 1. The number of hydrogen-bond donors (Lipinski definition) is 1. The van der Waals surface area contributed by atoms with E-state index in [4.69, 9.17) is 0 Å². The maximum atomic E-state index is 13.1. The van der Waals surface area contributed by atoms with Crippen molar-refractivity contribution in [3.8, 4) is 0 Å². The minimum absolute atomic E-state index is 0.275. The number of benzene rings is 1. The van der Waals surface area contributed by atoms with E-state index in [-0.39, 0.29) is 6.42 Å². The second-order valence-electron chi connectivity index (χ2n) is 4.79. The van der Waals surface area contributed by atoms with Crippen LogP contribution in [-0.4, -0.2) is 35.1 Å². The summed E-state index contributed by atoms with van der Waals surface area (Å²) in [5, 5.41) is 10.3. The van der Waals surface area contributed by atoms with Crippen molar-refractivity contribution >= 4 is 6.41 Å². The van der Waals surface area contributed by atoms with Gasteiger partial charge in [0.05, 0.1) is 5.60 Å². The lowest BCUT2D eigenvalue weighted by atomic mass is 9.85. The van der Waals surface area contributed by atoms with Crippen molar-refractivity contribution in [2.45, 2.75) is 24.9 Å². The average molecular weight is 255 g/mol. The zero-order valence-corrected chi connectivity index (χ0v) is 9.90. The minimum atomic E-state index is -0.941. The van der Waals surface area contributed by atoms with E-state index in [0.29, 0.717) is 31.5 Å². The Labute approximate surface area is 104 Å². The van der Waals surface area contributed by atoms with Gasteiger partial charge in [-0.15, -0.1) is 0 Å². The van der Waals surface area contributed by atoms with E-state index in [9.17, 15) is 18.7 Å². The Morgan fingerprint density at radius 2 is 1.94 bits per heavy atom. The fraction of sp³-hybridized carbons (Fsp3) is 0.462. The van der Waals surface area contributed by atoms with Crippen LogP contribution >= 0.6 is 0 Å². The van der Waals surface area contributed by atoms with Crippen LogP contribution in [0, 0.1) is 11.6 Å². The SMILES string of the molecule is O=CN1CCC(O)(Cc2ccc(F)c(F)c2)CC1. The Morgan fingerprint density at radius 3 is 2.50 bits per heavy atom. The van der Waals surface area contributed by atoms with Crippen LogP contribution in [0.5, 0.6) is 0 Å². The molecule has 0 saturated carbocycles. The Kier molecular flexibility index (Phi) is 3.61. The zero-order chi connectivity index (χ0) is 13.2. The van der Waals surface area contributed by atoms with Crippen molar-refractivity contribution in [3.05, 3.63) is 35.4 Å². The molecule has 0 radical (unpaired) electrons. The van der Waals surface area contributed by atoms with Crippen LogP contribution in [-0.2, 0) is 11.2 Å². The number of halogens is 2. The summed E-state index contributed by atoms with van der Waals surface area (Å²) in [7, 11) is 0. The fourth-order valence-corrected chi connectivity index (χ4v) is 2.25. The van der Waals surface area contributed by atoms with Crippen molar-refractivity contribution in [1.29, 1.82) is 0 Å². The van der Waals surface area contributed by atoms with Crippen LogP contribution in [0.4, 0.5) is 8.78 Å². The number of aliphatic hydroxyl groups is 1. The van der Waals surface area contributed by atoms with Crippen LogP contribution < -0.4 is 0 Å². The van der Waals surface area contributed by atoms with E-state index < -0.39 is 17.2 Å². The van der Waals surface area contributed by atoms with Gasteiger partial charge in [-0.1, -0.05) is 6.07 Å². The molecular formula is C13H15F2NO2. The molecule has 1 amide bonds. The van der Waals surface area contributed by atoms with Gasteiger partial charge in [-0.05, 0) is 30.5 Å². The molecule has 0 aromatic heterocycles. The molecule has 1 aliphatic rings. The molecule has 18 heavy (non-hydrogen) atoms. The van der Waals surface area contributed by atoms with Gasteiger partial charge in [0.25, 0.3) is 0 Å². The summed E-state index contributed by atoms with van der Waals surface area (Å²) in [4.78, 5) is 12.2. The second-order valence-corrected chi connectivity index (χ2v) is 4.79. The van der Waals surface area contributed by atoms with E-state index in [0.717, 1.165) is 18.5 Å². The molecule has 3 nitrogen and oxygen atoms in total. The predicted octanol–water partition coefficient (Wildman–Crippen LogP) is 1.49. The van der Waals surface area contributed by atoms with Gasteiger partial charge in [0, 0.05) is 19.5 Å². The van der Waals surface area contributed by atoms with Gasteiger partial charge in [0.2, 0.25) is 6.41 Å². The predicted molar refractivity (Wildman–Crippen MR) is 61.9 cm³/mol. The van der Waals surface area contributed by atoms with Gasteiger partial charge in [-0.3, -0.25) is 4.79 Å². The Morgan fingerprint density at radius 1 is 1.28 bits per heavy atom. The Balaban J connectivity index is 2.04. The third kappa shape index (κ3) is 2.85. The number of likely N-dealkylation sites (tertiary alicyclic amines) is 1. The highest BCUT2D eigenvalue weighted by Gasteiger charge is 2.32. The van der Waals surface area contributed by atoms with Gasteiger partial charge in [0.15, 0.2) is 11.6 Å². The van der Waals surface area contributed by atoms with Gasteiger partial charge >= 0.3 is 0 Å². The van der Waals surface area contributed by atoms with Crippen LogP contribution in [0.3, 0.4) is 0 Å². The lowest BCUT2D eigenvalue weighted by Crippen LogP contribution is -2.45. The Hall–Kier alpha value is -1.49. The molecule has 1 aromatic rings. The molecule has 0 unspecified atom stereocenters. The van der Waals surface area contributed by atoms with Crippen molar-refractivity contribution < 1.29 is 18.7 Å². The number of amides is 1. The normalized spacial score (nSPS) is 18.7. The number of carbonyl (C=O) groups is 1. The Bertz CT molecular complexity index is 443. The summed E-state index contributed by atoms with van der Waals surface area (Å²) >= 11 is 0. The third-order valence-corrected chi connectivity index (χ3v) is 3.40. The first-order chi connectivity index (χ1) is 8.52. The van der Waals surface area contributed by atoms with E-state index in [1.165, 1.54) is 6.07 Å². The monoisotopic (exact) mass is 255 g/mol. The number of hydrogen-bond acceptors (Lipinski definition) is 2. The molecule has 1 N–H and O–H groups in total. The topological polar surface area (TPSA) is 40.5 Å². The molecule has 1 aromatic carbocycles. The summed E-state index contributed by atoms with van der Waals surface area (Å²) < 4.78 is 25.9. The van der Waals surface area contributed by atoms with E-state index in [1.807, 2.05) is 0 Å². The molecule has 0 aliphatic carbocycles. The maximum Gasteiger partial charge on any atom is 0.209 e. The number of rotatable bonds is 3. The highest BCUT2D eigenvalue weighted by Crippen LogP contribution is 2.26. The van der Waals surface area contributed by atoms with E-state index in [2.05, 4.69) is 0 Å². The summed E-state index contributed by atoms with van der Waals surface area (Å²) in [5.74, 6) is -1.79. The average Bonchev–Trinajstić information content (AvgIpc) is 2.35. The smallest absolute Gasteiger partial charge is 0.209 e. The highest BCUT2D eigenvalue weighted by molar-refractivity contribution is 5.47. The molecule has 5 heteroatoms. The fourth-order valence-electron chi connectivity index (χ4n) is 2.25.